The molecule has 0 aliphatic carbocycles. The Morgan fingerprint density at radius 3 is 2.28 bits per heavy atom. The third kappa shape index (κ3) is 4.28. The molecule has 1 unspecified atom stereocenters. The van der Waals surface area contributed by atoms with Gasteiger partial charge in [0.1, 0.15) is 11.9 Å². The van der Waals surface area contributed by atoms with E-state index in [2.05, 4.69) is 15.9 Å². The van der Waals surface area contributed by atoms with Crippen molar-refractivity contribution in [2.45, 2.75) is 12.6 Å². The van der Waals surface area contributed by atoms with E-state index in [1.165, 1.54) is 10.6 Å². The number of hydrogen-bond donors (Lipinski definition) is 1. The highest BCUT2D eigenvalue weighted by molar-refractivity contribution is 9.10. The summed E-state index contributed by atoms with van der Waals surface area (Å²) in [6.45, 7) is -0.271. The number of Topliss-reactive ketones (excluding diaryl/α,β-unsaturated/α-hetero) is 1. The molecular formula is C24H18BrNO6. The number of rotatable bonds is 7. The Morgan fingerprint density at radius 1 is 1.00 bits per heavy atom. The van der Waals surface area contributed by atoms with E-state index in [4.69, 9.17) is 9.15 Å². The Balaban J connectivity index is 1.59. The number of hydrogen-bond acceptors (Lipinski definition) is 6. The fourth-order valence-electron chi connectivity index (χ4n) is 3.35. The monoisotopic (exact) mass is 495 g/mol. The number of methoxy groups -OCH3 is 1. The fraction of sp³-hybridized carbons (Fsp3) is 0.125. The van der Waals surface area contributed by atoms with Crippen molar-refractivity contribution in [3.63, 3.8) is 0 Å². The predicted molar refractivity (Wildman–Crippen MR) is 121 cm³/mol. The summed E-state index contributed by atoms with van der Waals surface area (Å²) in [7, 11) is 1.54. The fourth-order valence-corrected chi connectivity index (χ4v) is 3.62. The van der Waals surface area contributed by atoms with Gasteiger partial charge < -0.3 is 14.3 Å². The molecule has 1 heterocycles. The molecule has 0 saturated carbocycles. The number of carbonyl (C=O) groups excluding carboxylic acids is 2. The number of halogens is 1. The SMILES string of the molecule is COc1ccc(C(=O)c2ccc3c(c2)oc(=O)n3CC(O)C(=O)c2ccc(Br)cc2)cc1. The lowest BCUT2D eigenvalue weighted by molar-refractivity contribution is 0.0710. The van der Waals surface area contributed by atoms with Crippen molar-refractivity contribution >= 4 is 38.6 Å². The molecule has 0 radical (unpaired) electrons. The highest BCUT2D eigenvalue weighted by atomic mass is 79.9. The summed E-state index contributed by atoms with van der Waals surface area (Å²) in [5.41, 5.74) is 1.70. The molecule has 1 aromatic heterocycles. The highest BCUT2D eigenvalue weighted by Gasteiger charge is 2.21. The summed E-state index contributed by atoms with van der Waals surface area (Å²) >= 11 is 3.29. The molecule has 1 N–H and O–H groups in total. The van der Waals surface area contributed by atoms with E-state index in [0.717, 1.165) is 4.47 Å². The van der Waals surface area contributed by atoms with Gasteiger partial charge in [0.05, 0.1) is 19.2 Å². The lowest BCUT2D eigenvalue weighted by Gasteiger charge is -2.10. The lowest BCUT2D eigenvalue weighted by atomic mass is 10.0. The molecule has 0 spiro atoms. The predicted octanol–water partition coefficient (Wildman–Crippen LogP) is 3.84. The third-order valence-electron chi connectivity index (χ3n) is 5.07. The maximum Gasteiger partial charge on any atom is 0.420 e. The van der Waals surface area contributed by atoms with Gasteiger partial charge in [-0.25, -0.2) is 4.79 Å². The van der Waals surface area contributed by atoms with Gasteiger partial charge in [-0.05, 0) is 54.6 Å². The van der Waals surface area contributed by atoms with Crippen LogP contribution < -0.4 is 10.5 Å². The van der Waals surface area contributed by atoms with Crippen LogP contribution in [0.5, 0.6) is 5.75 Å². The van der Waals surface area contributed by atoms with Gasteiger partial charge in [0.25, 0.3) is 0 Å². The molecule has 0 bridgehead atoms. The normalized spacial score (nSPS) is 12.0. The molecule has 162 valence electrons. The molecule has 1 atom stereocenters. The summed E-state index contributed by atoms with van der Waals surface area (Å²) in [5, 5.41) is 10.4. The quantitative estimate of drug-likeness (QED) is 0.391. The number of fused-ring (bicyclic) bond motifs is 1. The van der Waals surface area contributed by atoms with Crippen molar-refractivity contribution in [2.24, 2.45) is 0 Å². The number of benzene rings is 3. The van der Waals surface area contributed by atoms with Gasteiger partial charge in [0.2, 0.25) is 0 Å². The topological polar surface area (TPSA) is 98.7 Å². The van der Waals surface area contributed by atoms with Gasteiger partial charge in [-0.2, -0.15) is 0 Å². The van der Waals surface area contributed by atoms with Crippen LogP contribution in [0.25, 0.3) is 11.1 Å². The van der Waals surface area contributed by atoms with Crippen molar-refractivity contribution < 1.29 is 23.8 Å². The largest absolute Gasteiger partial charge is 0.497 e. The van der Waals surface area contributed by atoms with Gasteiger partial charge in [0, 0.05) is 21.2 Å². The minimum Gasteiger partial charge on any atom is -0.497 e. The molecule has 32 heavy (non-hydrogen) atoms. The van der Waals surface area contributed by atoms with E-state index in [1.807, 2.05) is 0 Å². The van der Waals surface area contributed by atoms with Crippen LogP contribution in [-0.2, 0) is 6.54 Å². The summed E-state index contributed by atoms with van der Waals surface area (Å²) in [6.07, 6.45) is -1.43. The minimum absolute atomic E-state index is 0.192. The summed E-state index contributed by atoms with van der Waals surface area (Å²) in [6, 6.07) is 17.8. The Morgan fingerprint density at radius 2 is 1.62 bits per heavy atom. The number of aliphatic hydroxyl groups is 1. The number of oxazole rings is 1. The van der Waals surface area contributed by atoms with Gasteiger partial charge in [-0.15, -0.1) is 0 Å². The number of nitrogens with zero attached hydrogens (tertiary/aromatic N) is 1. The molecule has 0 amide bonds. The lowest BCUT2D eigenvalue weighted by Crippen LogP contribution is -2.30. The van der Waals surface area contributed by atoms with E-state index in [9.17, 15) is 19.5 Å². The molecule has 0 fully saturated rings. The van der Waals surface area contributed by atoms with Crippen LogP contribution >= 0.6 is 15.9 Å². The molecule has 7 nitrogen and oxygen atoms in total. The van der Waals surface area contributed by atoms with E-state index in [-0.39, 0.29) is 17.9 Å². The molecule has 3 aromatic carbocycles. The van der Waals surface area contributed by atoms with Crippen LogP contribution in [0.1, 0.15) is 26.3 Å². The van der Waals surface area contributed by atoms with Crippen molar-refractivity contribution in [3.8, 4) is 5.75 Å². The van der Waals surface area contributed by atoms with Crippen LogP contribution in [0.2, 0.25) is 0 Å². The number of aromatic nitrogens is 1. The maximum absolute atomic E-state index is 12.8. The molecule has 0 saturated heterocycles. The maximum atomic E-state index is 12.8. The average molecular weight is 496 g/mol. The first kappa shape index (κ1) is 21.7. The third-order valence-corrected chi connectivity index (χ3v) is 5.60. The zero-order valence-corrected chi connectivity index (χ0v) is 18.5. The van der Waals surface area contributed by atoms with E-state index < -0.39 is 17.6 Å². The molecule has 0 aliphatic heterocycles. The number of ether oxygens (including phenoxy) is 1. The van der Waals surface area contributed by atoms with Crippen LogP contribution in [0.15, 0.2) is 80.4 Å². The standard InChI is InChI=1S/C24H18BrNO6/c1-31-18-9-4-14(5-10-18)22(28)16-6-11-19-21(12-16)32-24(30)26(19)13-20(27)23(29)15-2-7-17(25)8-3-15/h2-12,20,27H,13H2,1H3. The minimum atomic E-state index is -1.43. The van der Waals surface area contributed by atoms with Crippen LogP contribution in [0.4, 0.5) is 0 Å². The summed E-state index contributed by atoms with van der Waals surface area (Å²) < 4.78 is 12.4. The second-order valence-corrected chi connectivity index (χ2v) is 8.02. The van der Waals surface area contributed by atoms with Crippen molar-refractivity contribution in [2.75, 3.05) is 7.11 Å². The van der Waals surface area contributed by atoms with Gasteiger partial charge >= 0.3 is 5.76 Å². The smallest absolute Gasteiger partial charge is 0.420 e. The first-order chi connectivity index (χ1) is 15.4. The first-order valence-corrected chi connectivity index (χ1v) is 10.5. The van der Waals surface area contributed by atoms with Crippen LogP contribution in [-0.4, -0.2) is 34.5 Å². The Labute approximate surface area is 191 Å². The Hall–Kier alpha value is -3.49. The molecule has 8 heteroatoms. The van der Waals surface area contributed by atoms with E-state index in [0.29, 0.717) is 28.0 Å². The van der Waals surface area contributed by atoms with Gasteiger partial charge in [0.15, 0.2) is 17.1 Å². The average Bonchev–Trinajstić information content (AvgIpc) is 3.12. The van der Waals surface area contributed by atoms with Gasteiger partial charge in [-0.1, -0.05) is 28.1 Å². The van der Waals surface area contributed by atoms with Gasteiger partial charge in [-0.3, -0.25) is 14.2 Å². The number of carbonyl (C=O) groups is 2. The molecular weight excluding hydrogens is 478 g/mol. The van der Waals surface area contributed by atoms with Crippen molar-refractivity contribution in [1.29, 1.82) is 0 Å². The second-order valence-electron chi connectivity index (χ2n) is 7.11. The Bertz CT molecular complexity index is 1350. The molecule has 4 rings (SSSR count). The summed E-state index contributed by atoms with van der Waals surface area (Å²) in [4.78, 5) is 37.7. The van der Waals surface area contributed by atoms with Crippen molar-refractivity contribution in [1.82, 2.24) is 4.57 Å². The van der Waals surface area contributed by atoms with Crippen LogP contribution in [0, 0.1) is 0 Å². The number of aliphatic hydroxyl groups excluding tert-OH is 1. The molecule has 4 aromatic rings. The second kappa shape index (κ2) is 8.94. The van der Waals surface area contributed by atoms with Crippen LogP contribution in [0.3, 0.4) is 0 Å². The zero-order chi connectivity index (χ0) is 22.8. The highest BCUT2D eigenvalue weighted by Crippen LogP contribution is 2.20. The first-order valence-electron chi connectivity index (χ1n) is 9.67. The Kier molecular flexibility index (Phi) is 6.07. The molecule has 0 aliphatic rings. The van der Waals surface area contributed by atoms with E-state index in [1.54, 1.807) is 67.8 Å². The summed E-state index contributed by atoms with van der Waals surface area (Å²) in [5.74, 6) is -0.839. The number of ketones is 2. The van der Waals surface area contributed by atoms with Crippen molar-refractivity contribution in [3.05, 3.63) is 98.4 Å². The zero-order valence-electron chi connectivity index (χ0n) is 16.9. The van der Waals surface area contributed by atoms with E-state index >= 15 is 0 Å².